The summed E-state index contributed by atoms with van der Waals surface area (Å²) in [5.41, 5.74) is 2.42. The van der Waals surface area contributed by atoms with Crippen LogP contribution in [0.15, 0.2) is 45.6 Å². The summed E-state index contributed by atoms with van der Waals surface area (Å²) in [6.07, 6.45) is 0.309. The van der Waals surface area contributed by atoms with E-state index in [2.05, 4.69) is 10.1 Å². The van der Waals surface area contributed by atoms with Crippen molar-refractivity contribution in [2.24, 2.45) is 0 Å². The topological polar surface area (TPSA) is 106 Å². The Balaban J connectivity index is 1.73. The zero-order valence-electron chi connectivity index (χ0n) is 16.4. The predicted molar refractivity (Wildman–Crippen MR) is 108 cm³/mol. The van der Waals surface area contributed by atoms with Crippen molar-refractivity contribution in [3.63, 3.8) is 0 Å². The van der Waals surface area contributed by atoms with E-state index < -0.39 is 11.6 Å². The normalized spacial score (nSPS) is 10.7. The lowest BCUT2D eigenvalue weighted by molar-refractivity contribution is -0.116. The number of nitrogens with one attached hydrogen (secondary N) is 1. The Morgan fingerprint density at radius 1 is 1.07 bits per heavy atom. The van der Waals surface area contributed by atoms with Gasteiger partial charge in [0.25, 0.3) is 0 Å². The van der Waals surface area contributed by atoms with E-state index in [0.29, 0.717) is 28.0 Å². The number of hydrogen-bond donors (Lipinski definition) is 2. The smallest absolute Gasteiger partial charge is 0.339 e. The van der Waals surface area contributed by atoms with Gasteiger partial charge >= 0.3 is 11.6 Å². The van der Waals surface area contributed by atoms with Crippen LogP contribution in [0.4, 0.5) is 5.69 Å². The number of phenols is 1. The summed E-state index contributed by atoms with van der Waals surface area (Å²) in [5, 5.41) is 13.3. The fraction of sp³-hybridized carbons (Fsp3) is 0.227. The standard InChI is InChI=1S/C22H21NO6/c1-12-16-8-10-18(24)13(2)20(16)29-22(27)17(12)9-11-19(25)23-15-6-4-14(5-7-15)21(26)28-3/h4-8,10,24H,9,11H2,1-3H3,(H,23,25). The monoisotopic (exact) mass is 395 g/mol. The van der Waals surface area contributed by atoms with E-state index in [1.165, 1.54) is 7.11 Å². The van der Waals surface area contributed by atoms with Gasteiger partial charge in [0.15, 0.2) is 0 Å². The van der Waals surface area contributed by atoms with Gasteiger partial charge < -0.3 is 19.6 Å². The number of phenolic OH excluding ortho intramolecular Hbond substituents is 1. The number of anilines is 1. The van der Waals surface area contributed by atoms with Gasteiger partial charge in [-0.3, -0.25) is 4.79 Å². The lowest BCUT2D eigenvalue weighted by Gasteiger charge is -2.10. The Morgan fingerprint density at radius 2 is 1.76 bits per heavy atom. The van der Waals surface area contributed by atoms with Crippen molar-refractivity contribution >= 4 is 28.5 Å². The molecule has 0 atom stereocenters. The molecule has 0 aliphatic carbocycles. The number of amides is 1. The molecule has 0 bridgehead atoms. The largest absolute Gasteiger partial charge is 0.508 e. The van der Waals surface area contributed by atoms with E-state index in [9.17, 15) is 19.5 Å². The molecule has 0 unspecified atom stereocenters. The average molecular weight is 395 g/mol. The molecule has 0 aliphatic rings. The van der Waals surface area contributed by atoms with Gasteiger partial charge in [0.05, 0.1) is 12.7 Å². The molecule has 0 fully saturated rings. The summed E-state index contributed by atoms with van der Waals surface area (Å²) in [4.78, 5) is 36.1. The number of benzene rings is 2. The van der Waals surface area contributed by atoms with E-state index in [0.717, 1.165) is 10.9 Å². The summed E-state index contributed by atoms with van der Waals surface area (Å²) in [6, 6.07) is 9.58. The van der Waals surface area contributed by atoms with Crippen LogP contribution >= 0.6 is 0 Å². The number of methoxy groups -OCH3 is 1. The lowest BCUT2D eigenvalue weighted by atomic mass is 10.0. The fourth-order valence-electron chi connectivity index (χ4n) is 3.14. The van der Waals surface area contributed by atoms with Gasteiger partial charge in [0.2, 0.25) is 5.91 Å². The maximum Gasteiger partial charge on any atom is 0.339 e. The maximum absolute atomic E-state index is 12.4. The van der Waals surface area contributed by atoms with E-state index in [1.54, 1.807) is 50.2 Å². The minimum absolute atomic E-state index is 0.0606. The van der Waals surface area contributed by atoms with E-state index in [-0.39, 0.29) is 24.5 Å². The second-order valence-electron chi connectivity index (χ2n) is 6.70. The first-order valence-electron chi connectivity index (χ1n) is 9.05. The number of carbonyl (C=O) groups is 2. The van der Waals surface area contributed by atoms with Crippen molar-refractivity contribution in [1.82, 2.24) is 0 Å². The van der Waals surface area contributed by atoms with Crippen LogP contribution in [0.1, 0.15) is 33.5 Å². The highest BCUT2D eigenvalue weighted by Crippen LogP contribution is 2.28. The average Bonchev–Trinajstić information content (AvgIpc) is 2.71. The Labute approximate surface area is 166 Å². The highest BCUT2D eigenvalue weighted by atomic mass is 16.5. The third-order valence-corrected chi connectivity index (χ3v) is 4.87. The summed E-state index contributed by atoms with van der Waals surface area (Å²) in [7, 11) is 1.30. The molecule has 0 aliphatic heterocycles. The van der Waals surface area contributed by atoms with Gasteiger partial charge in [-0.15, -0.1) is 0 Å². The van der Waals surface area contributed by atoms with Crippen molar-refractivity contribution in [1.29, 1.82) is 0 Å². The molecular formula is C22H21NO6. The number of ether oxygens (including phenoxy) is 1. The molecule has 1 aromatic heterocycles. The van der Waals surface area contributed by atoms with E-state index in [4.69, 9.17) is 4.42 Å². The molecule has 0 saturated carbocycles. The number of esters is 1. The van der Waals surface area contributed by atoms with Gasteiger partial charge in [-0.25, -0.2) is 9.59 Å². The highest BCUT2D eigenvalue weighted by molar-refractivity contribution is 5.93. The number of rotatable bonds is 5. The Bertz CT molecular complexity index is 1140. The molecule has 2 aromatic carbocycles. The van der Waals surface area contributed by atoms with Gasteiger partial charge in [-0.1, -0.05) is 0 Å². The van der Waals surface area contributed by atoms with Crippen LogP contribution in [0, 0.1) is 13.8 Å². The third-order valence-electron chi connectivity index (χ3n) is 4.87. The number of fused-ring (bicyclic) bond motifs is 1. The number of aromatic hydroxyl groups is 1. The van der Waals surface area contributed by atoms with Gasteiger partial charge in [0.1, 0.15) is 11.3 Å². The van der Waals surface area contributed by atoms with Crippen LogP contribution in [0.3, 0.4) is 0 Å². The molecule has 0 saturated heterocycles. The zero-order valence-corrected chi connectivity index (χ0v) is 16.4. The van der Waals surface area contributed by atoms with E-state index in [1.807, 2.05) is 0 Å². The molecule has 0 radical (unpaired) electrons. The summed E-state index contributed by atoms with van der Waals surface area (Å²) in [6.45, 7) is 3.48. The van der Waals surface area contributed by atoms with Crippen LogP contribution < -0.4 is 10.9 Å². The van der Waals surface area contributed by atoms with Crippen molar-refractivity contribution in [2.75, 3.05) is 12.4 Å². The Kier molecular flexibility index (Phi) is 5.68. The molecular weight excluding hydrogens is 374 g/mol. The van der Waals surface area contributed by atoms with E-state index >= 15 is 0 Å². The van der Waals surface area contributed by atoms with Crippen molar-refractivity contribution in [2.45, 2.75) is 26.7 Å². The fourth-order valence-corrected chi connectivity index (χ4v) is 3.14. The number of hydrogen-bond acceptors (Lipinski definition) is 6. The van der Waals surface area contributed by atoms with Crippen molar-refractivity contribution in [3.8, 4) is 5.75 Å². The molecule has 3 rings (SSSR count). The SMILES string of the molecule is COC(=O)c1ccc(NC(=O)CCc2c(C)c3ccc(O)c(C)c3oc2=O)cc1. The minimum Gasteiger partial charge on any atom is -0.508 e. The van der Waals surface area contributed by atoms with Gasteiger partial charge in [-0.2, -0.15) is 0 Å². The summed E-state index contributed by atoms with van der Waals surface area (Å²) in [5.74, 6) is -0.660. The van der Waals surface area contributed by atoms with Gasteiger partial charge in [0, 0.05) is 28.6 Å². The molecule has 150 valence electrons. The molecule has 1 amide bonds. The summed E-state index contributed by atoms with van der Waals surface area (Å²) >= 11 is 0. The van der Waals surface area contributed by atoms with Gasteiger partial charge in [-0.05, 0) is 62.2 Å². The van der Waals surface area contributed by atoms with Crippen LogP contribution in [0.5, 0.6) is 5.75 Å². The first-order valence-corrected chi connectivity index (χ1v) is 9.05. The third kappa shape index (κ3) is 4.13. The minimum atomic E-state index is -0.515. The lowest BCUT2D eigenvalue weighted by Crippen LogP contribution is -2.17. The first-order chi connectivity index (χ1) is 13.8. The predicted octanol–water partition coefficient (Wildman–Crippen LogP) is 3.47. The van der Waals surface area contributed by atoms with Crippen LogP contribution in [-0.4, -0.2) is 24.1 Å². The Morgan fingerprint density at radius 3 is 2.41 bits per heavy atom. The molecule has 29 heavy (non-hydrogen) atoms. The zero-order chi connectivity index (χ0) is 21.1. The molecule has 3 aromatic rings. The first kappa shape index (κ1) is 20.1. The second kappa shape index (κ2) is 8.18. The van der Waals surface area contributed by atoms with Crippen LogP contribution in [0.25, 0.3) is 11.0 Å². The quantitative estimate of drug-likeness (QED) is 0.506. The second-order valence-corrected chi connectivity index (χ2v) is 6.70. The van der Waals surface area contributed by atoms with Crippen molar-refractivity contribution in [3.05, 3.63) is 69.1 Å². The molecule has 7 nitrogen and oxygen atoms in total. The molecule has 7 heteroatoms. The molecule has 0 spiro atoms. The molecule has 1 heterocycles. The molecule has 2 N–H and O–H groups in total. The maximum atomic E-state index is 12.4. The number of aryl methyl sites for hydroxylation is 2. The number of carbonyl (C=O) groups excluding carboxylic acids is 2. The highest BCUT2D eigenvalue weighted by Gasteiger charge is 2.16. The van der Waals surface area contributed by atoms with Crippen molar-refractivity contribution < 1.29 is 23.8 Å². The van der Waals surface area contributed by atoms with Crippen LogP contribution in [-0.2, 0) is 16.0 Å². The van der Waals surface area contributed by atoms with Crippen LogP contribution in [0.2, 0.25) is 0 Å². The Hall–Kier alpha value is -3.61. The summed E-state index contributed by atoms with van der Waals surface area (Å²) < 4.78 is 10.0.